The number of aliphatic hydroxyl groups excluding tert-OH is 4. The van der Waals surface area contributed by atoms with Crippen LogP contribution >= 0.6 is 0 Å². The molecular weight excluding hydrogens is 626 g/mol. The van der Waals surface area contributed by atoms with Gasteiger partial charge in [0.25, 0.3) is 0 Å². The van der Waals surface area contributed by atoms with Crippen molar-refractivity contribution in [3.63, 3.8) is 0 Å². The third-order valence-electron chi connectivity index (χ3n) is 9.20. The normalized spacial score (nSPS) is 26.7. The van der Waals surface area contributed by atoms with E-state index in [4.69, 9.17) is 25.7 Å². The van der Waals surface area contributed by atoms with Crippen LogP contribution in [0.4, 0.5) is 5.82 Å². The molecule has 0 bridgehead atoms. The van der Waals surface area contributed by atoms with Crippen LogP contribution in [-0.4, -0.2) is 99.5 Å². The van der Waals surface area contributed by atoms with Crippen molar-refractivity contribution in [2.24, 2.45) is 10.7 Å². The molecule has 15 nitrogen and oxygen atoms in total. The van der Waals surface area contributed by atoms with Gasteiger partial charge in [0.2, 0.25) is 12.1 Å². The minimum absolute atomic E-state index is 0.0194. The van der Waals surface area contributed by atoms with Gasteiger partial charge in [0.05, 0.1) is 30.9 Å². The molecule has 6 rings (SSSR count). The van der Waals surface area contributed by atoms with Crippen molar-refractivity contribution < 1.29 is 49.3 Å². The molecule has 2 aliphatic carbocycles. The summed E-state index contributed by atoms with van der Waals surface area (Å²) >= 11 is 0. The van der Waals surface area contributed by atoms with Crippen molar-refractivity contribution in [2.75, 3.05) is 26.5 Å². The molecule has 1 aliphatic heterocycles. The summed E-state index contributed by atoms with van der Waals surface area (Å²) in [6.45, 7) is -0.705. The number of carbonyl (C=O) groups is 2. The number of ether oxygens (including phenoxy) is 3. The van der Waals surface area contributed by atoms with E-state index in [1.165, 1.54) is 26.3 Å². The van der Waals surface area contributed by atoms with Gasteiger partial charge in [-0.3, -0.25) is 14.6 Å². The number of benzene rings is 2. The number of phenols is 1. The number of fused-ring (bicyclic) bond motifs is 3. The van der Waals surface area contributed by atoms with E-state index >= 15 is 0 Å². The Morgan fingerprint density at radius 2 is 1.81 bits per heavy atom. The minimum atomic E-state index is -1.79. The topological polar surface area (TPSA) is 252 Å². The van der Waals surface area contributed by atoms with Crippen molar-refractivity contribution in [1.29, 1.82) is 0 Å². The molecule has 0 unspecified atom stereocenters. The van der Waals surface area contributed by atoms with E-state index in [1.54, 1.807) is 18.3 Å². The zero-order valence-electron chi connectivity index (χ0n) is 26.2. The van der Waals surface area contributed by atoms with Crippen LogP contribution in [0.2, 0.25) is 0 Å². The van der Waals surface area contributed by atoms with E-state index < -0.39 is 60.7 Å². The molecule has 1 saturated heterocycles. The molecule has 0 saturated carbocycles. The summed E-state index contributed by atoms with van der Waals surface area (Å²) in [4.78, 5) is 36.8. The summed E-state index contributed by atoms with van der Waals surface area (Å²) in [7, 11) is 2.86. The first-order valence-electron chi connectivity index (χ1n) is 15.3. The highest BCUT2D eigenvalue weighted by atomic mass is 16.7. The standard InChI is InChI=1S/C33H37N5O10/c1-36-33(35)38-19-5-4-14(7-13-3-6-22(34)37-11-13)16-10-18-25(28(42)23(16)19)29(43)24-17(26(18)40)8-15(46-2)9-20(24)47-32-31(45)30(44)27(41)21(12-39)48-32/h3,6,8-11,14,19,21,27,30-32,39,41-42,44-45H,4-5,7,12H2,1-2H3,(H2,34,37)(H3,35,36,38)/t14-,19-,21+,27+,30-,31+,32+/m0/s1. The van der Waals surface area contributed by atoms with Crippen LogP contribution in [0.5, 0.6) is 17.2 Å². The molecule has 48 heavy (non-hydrogen) atoms. The lowest BCUT2D eigenvalue weighted by Crippen LogP contribution is -2.60. The predicted octanol–water partition coefficient (Wildman–Crippen LogP) is 0.0274. The Labute approximate surface area is 274 Å². The number of guanidine groups is 1. The maximum absolute atomic E-state index is 14.4. The number of phenolic OH excluding ortho intramolecular Hbond substituents is 1. The Balaban J connectivity index is 1.47. The monoisotopic (exact) mass is 663 g/mol. The van der Waals surface area contributed by atoms with Crippen molar-refractivity contribution >= 4 is 23.3 Å². The Hall–Kier alpha value is -4.80. The SMILES string of the molecule is CN=C(N)N[C@H]1CC[C@@H](Cc2ccc(N)nc2)c2cc3c(c(O)c21)C(=O)c1c(O[C@@H]2O[C@H](CO)[C@@H](O)[C@H](O)[C@H]2O)cc(OC)cc1C3=O. The zero-order chi connectivity index (χ0) is 34.4. The molecule has 2 heterocycles. The fourth-order valence-electron chi connectivity index (χ4n) is 6.70. The van der Waals surface area contributed by atoms with Crippen LogP contribution in [-0.2, 0) is 11.2 Å². The van der Waals surface area contributed by atoms with Crippen LogP contribution < -0.4 is 26.3 Å². The van der Waals surface area contributed by atoms with Crippen molar-refractivity contribution in [3.05, 3.63) is 75.5 Å². The van der Waals surface area contributed by atoms with Gasteiger partial charge in [-0.15, -0.1) is 0 Å². The number of rotatable bonds is 7. The molecule has 10 N–H and O–H groups in total. The number of aromatic hydroxyl groups is 1. The summed E-state index contributed by atoms with van der Waals surface area (Å²) < 4.78 is 16.8. The smallest absolute Gasteiger partial charge is 0.229 e. The van der Waals surface area contributed by atoms with Crippen LogP contribution in [0, 0.1) is 0 Å². The second-order valence-corrected chi connectivity index (χ2v) is 12.0. The van der Waals surface area contributed by atoms with Crippen LogP contribution in [0.1, 0.15) is 73.3 Å². The van der Waals surface area contributed by atoms with Crippen molar-refractivity contribution in [1.82, 2.24) is 10.3 Å². The van der Waals surface area contributed by atoms with Crippen LogP contribution in [0.15, 0.2) is 41.5 Å². The number of nitrogens with two attached hydrogens (primary N) is 2. The molecule has 2 aromatic carbocycles. The van der Waals surface area contributed by atoms with Gasteiger partial charge >= 0.3 is 0 Å². The van der Waals surface area contributed by atoms with Gasteiger partial charge in [-0.25, -0.2) is 4.98 Å². The van der Waals surface area contributed by atoms with Gasteiger partial charge in [-0.1, -0.05) is 6.07 Å². The molecule has 1 fully saturated rings. The zero-order valence-corrected chi connectivity index (χ0v) is 26.2. The van der Waals surface area contributed by atoms with E-state index in [0.717, 1.165) is 5.56 Å². The number of aliphatic imine (C=N–C) groups is 1. The number of methoxy groups -OCH3 is 1. The first-order chi connectivity index (χ1) is 23.0. The van der Waals surface area contributed by atoms with E-state index in [9.17, 15) is 35.1 Å². The Morgan fingerprint density at radius 3 is 2.48 bits per heavy atom. The Kier molecular flexibility index (Phi) is 8.98. The number of pyridine rings is 1. The summed E-state index contributed by atoms with van der Waals surface area (Å²) in [5.41, 5.74) is 13.2. The number of aromatic nitrogens is 1. The number of nitrogen functional groups attached to an aromatic ring is 1. The molecular formula is C33H37N5O10. The number of aliphatic hydroxyl groups is 4. The number of carbonyl (C=O) groups excluding carboxylic acids is 2. The first kappa shape index (κ1) is 33.1. The third-order valence-corrected chi connectivity index (χ3v) is 9.20. The molecule has 15 heteroatoms. The fourth-order valence-corrected chi connectivity index (χ4v) is 6.70. The van der Waals surface area contributed by atoms with Crippen LogP contribution in [0.25, 0.3) is 0 Å². The summed E-state index contributed by atoms with van der Waals surface area (Å²) in [6, 6.07) is 7.32. The number of ketones is 2. The van der Waals surface area contributed by atoms with Gasteiger partial charge < -0.3 is 56.5 Å². The maximum atomic E-state index is 14.4. The van der Waals surface area contributed by atoms with E-state index in [1.807, 2.05) is 6.07 Å². The summed E-state index contributed by atoms with van der Waals surface area (Å²) in [6.07, 6.45) is -4.78. The predicted molar refractivity (Wildman–Crippen MR) is 170 cm³/mol. The van der Waals surface area contributed by atoms with Crippen molar-refractivity contribution in [3.8, 4) is 17.2 Å². The molecule has 3 aromatic rings. The van der Waals surface area contributed by atoms with E-state index in [2.05, 4.69) is 15.3 Å². The highest BCUT2D eigenvalue weighted by molar-refractivity contribution is 6.30. The summed E-state index contributed by atoms with van der Waals surface area (Å²) in [5.74, 6) is -1.52. The van der Waals surface area contributed by atoms with Crippen LogP contribution in [0.3, 0.4) is 0 Å². The molecule has 7 atom stereocenters. The van der Waals surface area contributed by atoms with E-state index in [-0.39, 0.29) is 45.6 Å². The quantitative estimate of drug-likeness (QED) is 0.0959. The highest BCUT2D eigenvalue weighted by Gasteiger charge is 2.46. The Bertz CT molecular complexity index is 1780. The second kappa shape index (κ2) is 13.0. The number of nitrogens with one attached hydrogen (secondary N) is 1. The lowest BCUT2D eigenvalue weighted by atomic mass is 9.72. The van der Waals surface area contributed by atoms with Gasteiger partial charge in [0, 0.05) is 36.0 Å². The van der Waals surface area contributed by atoms with Crippen molar-refractivity contribution in [2.45, 2.75) is 61.9 Å². The lowest BCUT2D eigenvalue weighted by Gasteiger charge is -2.40. The molecule has 254 valence electrons. The number of hydrogen-bond acceptors (Lipinski definition) is 13. The van der Waals surface area contributed by atoms with Gasteiger partial charge in [0.15, 0.2) is 11.7 Å². The van der Waals surface area contributed by atoms with Gasteiger partial charge in [0.1, 0.15) is 47.5 Å². The highest BCUT2D eigenvalue weighted by Crippen LogP contribution is 2.49. The minimum Gasteiger partial charge on any atom is -0.507 e. The largest absolute Gasteiger partial charge is 0.507 e. The molecule has 3 aliphatic rings. The number of nitrogens with zero attached hydrogens (tertiary/aromatic N) is 2. The average Bonchev–Trinajstić information content (AvgIpc) is 3.08. The number of hydrogen-bond donors (Lipinski definition) is 8. The third kappa shape index (κ3) is 5.69. The van der Waals surface area contributed by atoms with Gasteiger partial charge in [-0.2, -0.15) is 0 Å². The number of anilines is 1. The Morgan fingerprint density at radius 1 is 1.06 bits per heavy atom. The average molecular weight is 664 g/mol. The van der Waals surface area contributed by atoms with Gasteiger partial charge in [-0.05, 0) is 54.5 Å². The lowest BCUT2D eigenvalue weighted by molar-refractivity contribution is -0.277. The summed E-state index contributed by atoms with van der Waals surface area (Å²) in [5, 5.41) is 55.8. The molecule has 0 spiro atoms. The molecule has 1 aromatic heterocycles. The van der Waals surface area contributed by atoms with E-state index in [0.29, 0.717) is 36.2 Å². The second-order valence-electron chi connectivity index (χ2n) is 12.0. The molecule has 0 radical (unpaired) electrons. The first-order valence-corrected chi connectivity index (χ1v) is 15.3. The maximum Gasteiger partial charge on any atom is 0.229 e. The fraction of sp³-hybridized carbons (Fsp3) is 0.394. The molecule has 0 amide bonds.